The van der Waals surface area contributed by atoms with Crippen LogP contribution in [-0.2, 0) is 13.2 Å². The number of piperidine rings is 1. The smallest absolute Gasteiger partial charge is 0.356 e. The third-order valence-corrected chi connectivity index (χ3v) is 4.80. The molecule has 1 saturated heterocycles. The molecule has 0 radical (unpaired) electrons. The molecule has 1 fully saturated rings. The lowest BCUT2D eigenvalue weighted by atomic mass is 10.1. The fraction of sp³-hybridized carbons (Fsp3) is 0.368. The van der Waals surface area contributed by atoms with Crippen molar-refractivity contribution in [1.82, 2.24) is 19.7 Å². The van der Waals surface area contributed by atoms with E-state index in [2.05, 4.69) is 25.3 Å². The van der Waals surface area contributed by atoms with E-state index in [0.29, 0.717) is 11.5 Å². The molecule has 1 aromatic carbocycles. The first kappa shape index (κ1) is 19.2. The summed E-state index contributed by atoms with van der Waals surface area (Å²) in [5.74, 6) is -0.0207. The second kappa shape index (κ2) is 7.34. The molecule has 3 aromatic rings. The lowest BCUT2D eigenvalue weighted by molar-refractivity contribution is -0.137. The number of carbonyl (C=O) groups excluding carboxylic acids is 1. The van der Waals surface area contributed by atoms with Gasteiger partial charge < -0.3 is 10.2 Å². The number of nitrogens with one attached hydrogen (secondary N) is 1. The number of aromatic nitrogens is 4. The van der Waals surface area contributed by atoms with Crippen LogP contribution >= 0.6 is 0 Å². The molecule has 1 N–H and O–H groups in total. The summed E-state index contributed by atoms with van der Waals surface area (Å²) in [6, 6.07) is 4.23. The van der Waals surface area contributed by atoms with E-state index >= 15 is 0 Å². The van der Waals surface area contributed by atoms with Gasteiger partial charge in [-0.15, -0.1) is 0 Å². The minimum Gasteiger partial charge on any atom is -0.356 e. The zero-order valence-corrected chi connectivity index (χ0v) is 15.7. The van der Waals surface area contributed by atoms with E-state index in [0.717, 1.165) is 49.9 Å². The number of rotatable bonds is 3. The molecule has 0 saturated carbocycles. The van der Waals surface area contributed by atoms with E-state index in [-0.39, 0.29) is 11.5 Å². The highest BCUT2D eigenvalue weighted by Gasteiger charge is 2.30. The average Bonchev–Trinajstić information content (AvgIpc) is 3.07. The molecule has 0 bridgehead atoms. The number of hydrogen-bond acceptors (Lipinski definition) is 5. The maximum Gasteiger partial charge on any atom is 0.416 e. The van der Waals surface area contributed by atoms with Gasteiger partial charge in [-0.1, -0.05) is 0 Å². The molecule has 29 heavy (non-hydrogen) atoms. The lowest BCUT2D eigenvalue weighted by Crippen LogP contribution is -2.31. The number of alkyl halides is 3. The average molecular weight is 404 g/mol. The van der Waals surface area contributed by atoms with Crippen LogP contribution in [0.2, 0.25) is 0 Å². The third-order valence-electron chi connectivity index (χ3n) is 4.80. The molecule has 152 valence electrons. The summed E-state index contributed by atoms with van der Waals surface area (Å²) in [7, 11) is 1.77. The molecule has 1 amide bonds. The number of benzene rings is 1. The number of halogens is 3. The molecule has 0 aliphatic carbocycles. The zero-order chi connectivity index (χ0) is 20.6. The highest BCUT2D eigenvalue weighted by molar-refractivity contribution is 6.03. The number of fused-ring (bicyclic) bond motifs is 1. The Balaban J connectivity index is 1.63. The first-order valence-corrected chi connectivity index (χ1v) is 9.26. The van der Waals surface area contributed by atoms with Crippen LogP contribution in [0.4, 0.5) is 24.7 Å². The molecule has 3 heterocycles. The summed E-state index contributed by atoms with van der Waals surface area (Å²) in [5, 5.41) is 7.61. The molecule has 0 unspecified atom stereocenters. The predicted octanol–water partition coefficient (Wildman–Crippen LogP) is 3.62. The van der Waals surface area contributed by atoms with Gasteiger partial charge in [0.05, 0.1) is 10.9 Å². The van der Waals surface area contributed by atoms with Crippen LogP contribution in [0.3, 0.4) is 0 Å². The second-order valence-electron chi connectivity index (χ2n) is 6.99. The molecular weight excluding hydrogens is 385 g/mol. The second-order valence-corrected chi connectivity index (χ2v) is 6.99. The Kier molecular flexibility index (Phi) is 4.85. The van der Waals surface area contributed by atoms with Crippen molar-refractivity contribution in [3.63, 3.8) is 0 Å². The van der Waals surface area contributed by atoms with Crippen molar-refractivity contribution in [2.45, 2.75) is 25.4 Å². The quantitative estimate of drug-likeness (QED) is 0.722. The van der Waals surface area contributed by atoms with E-state index < -0.39 is 17.6 Å². The van der Waals surface area contributed by atoms with Gasteiger partial charge >= 0.3 is 6.18 Å². The Labute approximate surface area is 164 Å². The normalized spacial score (nSPS) is 15.0. The van der Waals surface area contributed by atoms with Crippen molar-refractivity contribution in [3.8, 4) is 0 Å². The fourth-order valence-electron chi connectivity index (χ4n) is 3.38. The SMILES string of the molecule is Cn1cc2c(N3CCCCC3)nc(C(=O)Nc3ccc(C(F)(F)F)cc3)nc2n1. The summed E-state index contributed by atoms with van der Waals surface area (Å²) in [5.41, 5.74) is -0.151. The van der Waals surface area contributed by atoms with Crippen LogP contribution in [-0.4, -0.2) is 38.7 Å². The van der Waals surface area contributed by atoms with Gasteiger partial charge in [-0.3, -0.25) is 9.48 Å². The predicted molar refractivity (Wildman–Crippen MR) is 102 cm³/mol. The van der Waals surface area contributed by atoms with Gasteiger partial charge in [0, 0.05) is 32.0 Å². The fourth-order valence-corrected chi connectivity index (χ4v) is 3.38. The zero-order valence-electron chi connectivity index (χ0n) is 15.7. The van der Waals surface area contributed by atoms with E-state index in [1.807, 2.05) is 6.20 Å². The number of amides is 1. The Hall–Kier alpha value is -3.17. The van der Waals surface area contributed by atoms with E-state index in [1.54, 1.807) is 11.7 Å². The topological polar surface area (TPSA) is 75.9 Å². The van der Waals surface area contributed by atoms with Crippen molar-refractivity contribution in [3.05, 3.63) is 41.9 Å². The molecule has 2 aromatic heterocycles. The Morgan fingerprint density at radius 2 is 1.76 bits per heavy atom. The highest BCUT2D eigenvalue weighted by atomic mass is 19.4. The van der Waals surface area contributed by atoms with Crippen LogP contribution in [0.25, 0.3) is 11.0 Å². The van der Waals surface area contributed by atoms with Crippen LogP contribution in [0, 0.1) is 0 Å². The highest BCUT2D eigenvalue weighted by Crippen LogP contribution is 2.30. The molecule has 10 heteroatoms. The molecular formula is C19H19F3N6O. The van der Waals surface area contributed by atoms with Gasteiger partial charge in [-0.25, -0.2) is 9.97 Å². The standard InChI is InChI=1S/C19H19F3N6O/c1-27-11-14-15(26-27)24-16(25-17(14)28-9-3-2-4-10-28)18(29)23-13-7-5-12(6-8-13)19(20,21)22/h5-8,11H,2-4,9-10H2,1H3,(H,23,29). The summed E-state index contributed by atoms with van der Waals surface area (Å²) in [4.78, 5) is 23.5. The Morgan fingerprint density at radius 3 is 2.41 bits per heavy atom. The summed E-state index contributed by atoms with van der Waals surface area (Å²) >= 11 is 0. The number of anilines is 2. The van der Waals surface area contributed by atoms with Gasteiger partial charge in [-0.05, 0) is 43.5 Å². The Bertz CT molecular complexity index is 1040. The van der Waals surface area contributed by atoms with Gasteiger partial charge in [0.1, 0.15) is 5.82 Å². The van der Waals surface area contributed by atoms with Crippen LogP contribution in [0.15, 0.2) is 30.5 Å². The first-order valence-electron chi connectivity index (χ1n) is 9.26. The molecule has 0 spiro atoms. The molecule has 1 aliphatic heterocycles. The molecule has 1 aliphatic rings. The van der Waals surface area contributed by atoms with Gasteiger partial charge in [0.25, 0.3) is 5.91 Å². The van der Waals surface area contributed by atoms with E-state index in [1.165, 1.54) is 12.1 Å². The lowest BCUT2D eigenvalue weighted by Gasteiger charge is -2.28. The summed E-state index contributed by atoms with van der Waals surface area (Å²) in [6.45, 7) is 1.67. The van der Waals surface area contributed by atoms with Crippen molar-refractivity contribution in [2.24, 2.45) is 7.05 Å². The van der Waals surface area contributed by atoms with Gasteiger partial charge in [0.2, 0.25) is 5.82 Å². The van der Waals surface area contributed by atoms with Crippen LogP contribution in [0.1, 0.15) is 35.4 Å². The first-order chi connectivity index (χ1) is 13.8. The van der Waals surface area contributed by atoms with Crippen molar-refractivity contribution < 1.29 is 18.0 Å². The molecule has 0 atom stereocenters. The summed E-state index contributed by atoms with van der Waals surface area (Å²) in [6.07, 6.45) is 0.618. The maximum atomic E-state index is 12.7. The summed E-state index contributed by atoms with van der Waals surface area (Å²) < 4.78 is 39.7. The van der Waals surface area contributed by atoms with E-state index in [9.17, 15) is 18.0 Å². The molecule has 4 rings (SSSR count). The van der Waals surface area contributed by atoms with Crippen LogP contribution in [0.5, 0.6) is 0 Å². The van der Waals surface area contributed by atoms with E-state index in [4.69, 9.17) is 0 Å². The minimum absolute atomic E-state index is 0.0725. The number of nitrogens with zero attached hydrogens (tertiary/aromatic N) is 5. The maximum absolute atomic E-state index is 12.7. The number of carbonyl (C=O) groups is 1. The number of aryl methyl sites for hydroxylation is 1. The van der Waals surface area contributed by atoms with Crippen molar-refractivity contribution in [2.75, 3.05) is 23.3 Å². The van der Waals surface area contributed by atoms with Crippen molar-refractivity contribution in [1.29, 1.82) is 0 Å². The van der Waals surface area contributed by atoms with Crippen LogP contribution < -0.4 is 10.2 Å². The van der Waals surface area contributed by atoms with Gasteiger partial charge in [0.15, 0.2) is 5.65 Å². The Morgan fingerprint density at radius 1 is 1.07 bits per heavy atom. The monoisotopic (exact) mass is 404 g/mol. The van der Waals surface area contributed by atoms with Crippen molar-refractivity contribution >= 4 is 28.4 Å². The number of hydrogen-bond donors (Lipinski definition) is 1. The van der Waals surface area contributed by atoms with Gasteiger partial charge in [-0.2, -0.15) is 18.3 Å². The minimum atomic E-state index is -4.43. The largest absolute Gasteiger partial charge is 0.416 e. The molecule has 7 nitrogen and oxygen atoms in total. The third kappa shape index (κ3) is 4.01.